The van der Waals surface area contributed by atoms with Gasteiger partial charge in [0.2, 0.25) is 0 Å². The second-order valence-electron chi connectivity index (χ2n) is 4.80. The molecule has 1 rings (SSSR count). The van der Waals surface area contributed by atoms with Crippen LogP contribution in [0.1, 0.15) is 19.8 Å². The Morgan fingerprint density at radius 3 is 2.59 bits per heavy atom. The summed E-state index contributed by atoms with van der Waals surface area (Å²) in [7, 11) is 2.21. The minimum Gasteiger partial charge on any atom is -0.382 e. The van der Waals surface area contributed by atoms with E-state index in [0.717, 1.165) is 39.3 Å². The van der Waals surface area contributed by atoms with Crippen LogP contribution in [0.15, 0.2) is 0 Å². The average Bonchev–Trinajstić information content (AvgIpc) is 2.36. The van der Waals surface area contributed by atoms with Crippen molar-refractivity contribution in [3.05, 3.63) is 0 Å². The summed E-state index contributed by atoms with van der Waals surface area (Å²) in [6.45, 7) is 12.1. The van der Waals surface area contributed by atoms with Gasteiger partial charge in [0.25, 0.3) is 0 Å². The molecule has 17 heavy (non-hydrogen) atoms. The van der Waals surface area contributed by atoms with Gasteiger partial charge in [0.05, 0.1) is 0 Å². The van der Waals surface area contributed by atoms with Crippen LogP contribution in [0, 0.1) is 0 Å². The normalized spacial score (nSPS) is 17.8. The molecule has 0 bridgehead atoms. The van der Waals surface area contributed by atoms with Crippen LogP contribution in [0.4, 0.5) is 0 Å². The van der Waals surface area contributed by atoms with E-state index in [9.17, 15) is 0 Å². The summed E-state index contributed by atoms with van der Waals surface area (Å²) in [4.78, 5) is 4.98. The van der Waals surface area contributed by atoms with E-state index >= 15 is 0 Å². The fraction of sp³-hybridized carbons (Fsp3) is 1.00. The zero-order valence-corrected chi connectivity index (χ0v) is 11.6. The minimum absolute atomic E-state index is 0.840. The zero-order chi connectivity index (χ0) is 12.3. The highest BCUT2D eigenvalue weighted by molar-refractivity contribution is 4.67. The van der Waals surface area contributed by atoms with Gasteiger partial charge in [0.1, 0.15) is 0 Å². The van der Waals surface area contributed by atoms with Gasteiger partial charge >= 0.3 is 0 Å². The highest BCUT2D eigenvalue weighted by Gasteiger charge is 2.08. The number of piperazine rings is 1. The minimum atomic E-state index is 0.840. The molecule has 102 valence electrons. The van der Waals surface area contributed by atoms with Crippen LogP contribution in [-0.4, -0.2) is 75.9 Å². The van der Waals surface area contributed by atoms with Crippen LogP contribution in [0.2, 0.25) is 0 Å². The van der Waals surface area contributed by atoms with Crippen molar-refractivity contribution < 1.29 is 4.74 Å². The molecular formula is C13H29N3O. The van der Waals surface area contributed by atoms with Crippen LogP contribution in [0.5, 0.6) is 0 Å². The van der Waals surface area contributed by atoms with Gasteiger partial charge in [-0.25, -0.2) is 0 Å². The molecule has 0 aromatic heterocycles. The van der Waals surface area contributed by atoms with E-state index in [1.807, 2.05) is 0 Å². The summed E-state index contributed by atoms with van der Waals surface area (Å²) < 4.78 is 5.34. The standard InChI is InChI=1S/C13H29N3O/c1-3-17-13-5-9-15(2)8-4-10-16-11-6-14-7-12-16/h14H,3-13H2,1-2H3. The predicted molar refractivity (Wildman–Crippen MR) is 72.5 cm³/mol. The SMILES string of the molecule is CCOCCCN(C)CCCN1CCNCC1. The molecule has 0 amide bonds. The second kappa shape index (κ2) is 9.83. The molecular weight excluding hydrogens is 214 g/mol. The second-order valence-corrected chi connectivity index (χ2v) is 4.80. The molecule has 0 unspecified atom stereocenters. The third-order valence-electron chi connectivity index (χ3n) is 3.26. The lowest BCUT2D eigenvalue weighted by molar-refractivity contribution is 0.134. The van der Waals surface area contributed by atoms with E-state index in [-0.39, 0.29) is 0 Å². The lowest BCUT2D eigenvalue weighted by atomic mass is 10.3. The Bertz CT molecular complexity index is 172. The van der Waals surface area contributed by atoms with Crippen molar-refractivity contribution in [1.82, 2.24) is 15.1 Å². The summed E-state index contributed by atoms with van der Waals surface area (Å²) in [5.74, 6) is 0. The first-order valence-corrected chi connectivity index (χ1v) is 7.02. The first kappa shape index (κ1) is 14.9. The zero-order valence-electron chi connectivity index (χ0n) is 11.6. The number of ether oxygens (including phenoxy) is 1. The van der Waals surface area contributed by atoms with E-state index < -0.39 is 0 Å². The van der Waals surface area contributed by atoms with E-state index in [1.165, 1.54) is 32.6 Å². The summed E-state index contributed by atoms with van der Waals surface area (Å²) in [6, 6.07) is 0. The molecule has 1 N–H and O–H groups in total. The number of nitrogens with zero attached hydrogens (tertiary/aromatic N) is 2. The van der Waals surface area contributed by atoms with Gasteiger partial charge in [-0.15, -0.1) is 0 Å². The fourth-order valence-electron chi connectivity index (χ4n) is 2.19. The van der Waals surface area contributed by atoms with Gasteiger partial charge in [-0.3, -0.25) is 0 Å². The molecule has 1 aliphatic heterocycles. The van der Waals surface area contributed by atoms with Crippen molar-refractivity contribution in [2.24, 2.45) is 0 Å². The maximum Gasteiger partial charge on any atom is 0.0478 e. The first-order chi connectivity index (χ1) is 8.33. The van der Waals surface area contributed by atoms with Crippen LogP contribution in [-0.2, 0) is 4.74 Å². The van der Waals surface area contributed by atoms with Crippen molar-refractivity contribution in [2.45, 2.75) is 19.8 Å². The van der Waals surface area contributed by atoms with Crippen LogP contribution < -0.4 is 5.32 Å². The molecule has 1 heterocycles. The summed E-state index contributed by atoms with van der Waals surface area (Å²) in [5, 5.41) is 3.39. The van der Waals surface area contributed by atoms with E-state index in [1.54, 1.807) is 0 Å². The predicted octanol–water partition coefficient (Wildman–Crippen LogP) is 0.640. The molecule has 0 spiro atoms. The largest absolute Gasteiger partial charge is 0.382 e. The van der Waals surface area contributed by atoms with Crippen LogP contribution in [0.3, 0.4) is 0 Å². The molecule has 1 aliphatic rings. The molecule has 4 nitrogen and oxygen atoms in total. The van der Waals surface area contributed by atoms with Gasteiger partial charge in [-0.05, 0) is 39.9 Å². The molecule has 1 saturated heterocycles. The Balaban J connectivity index is 1.90. The first-order valence-electron chi connectivity index (χ1n) is 7.02. The third-order valence-corrected chi connectivity index (χ3v) is 3.26. The Hall–Kier alpha value is -0.160. The number of hydrogen-bond donors (Lipinski definition) is 1. The smallest absolute Gasteiger partial charge is 0.0478 e. The Labute approximate surface area is 106 Å². The van der Waals surface area contributed by atoms with Gasteiger partial charge in [-0.2, -0.15) is 0 Å². The lowest BCUT2D eigenvalue weighted by Gasteiger charge is -2.27. The van der Waals surface area contributed by atoms with Crippen LogP contribution >= 0.6 is 0 Å². The molecule has 4 heteroatoms. The van der Waals surface area contributed by atoms with Gasteiger partial charge < -0.3 is 19.9 Å². The molecule has 0 aliphatic carbocycles. The topological polar surface area (TPSA) is 27.7 Å². The molecule has 0 aromatic carbocycles. The van der Waals surface area contributed by atoms with Crippen molar-refractivity contribution in [3.63, 3.8) is 0 Å². The van der Waals surface area contributed by atoms with E-state index in [4.69, 9.17) is 4.74 Å². The van der Waals surface area contributed by atoms with E-state index in [0.29, 0.717) is 0 Å². The van der Waals surface area contributed by atoms with Crippen molar-refractivity contribution >= 4 is 0 Å². The van der Waals surface area contributed by atoms with Crippen molar-refractivity contribution in [3.8, 4) is 0 Å². The third kappa shape index (κ3) is 7.71. The van der Waals surface area contributed by atoms with Crippen molar-refractivity contribution in [1.29, 1.82) is 0 Å². The lowest BCUT2D eigenvalue weighted by Crippen LogP contribution is -2.44. The van der Waals surface area contributed by atoms with Crippen molar-refractivity contribution in [2.75, 3.05) is 66.1 Å². The van der Waals surface area contributed by atoms with Gasteiger partial charge in [-0.1, -0.05) is 0 Å². The number of hydrogen-bond acceptors (Lipinski definition) is 4. The highest BCUT2D eigenvalue weighted by atomic mass is 16.5. The molecule has 0 radical (unpaired) electrons. The Morgan fingerprint density at radius 1 is 1.18 bits per heavy atom. The highest BCUT2D eigenvalue weighted by Crippen LogP contribution is 1.97. The Morgan fingerprint density at radius 2 is 1.88 bits per heavy atom. The van der Waals surface area contributed by atoms with Crippen LogP contribution in [0.25, 0.3) is 0 Å². The quantitative estimate of drug-likeness (QED) is 0.602. The van der Waals surface area contributed by atoms with Gasteiger partial charge in [0.15, 0.2) is 0 Å². The molecule has 0 atom stereocenters. The molecule has 0 aromatic rings. The van der Waals surface area contributed by atoms with Gasteiger partial charge in [0, 0.05) is 45.9 Å². The molecule has 0 saturated carbocycles. The maximum absolute atomic E-state index is 5.34. The summed E-state index contributed by atoms with van der Waals surface area (Å²) in [5.41, 5.74) is 0. The van der Waals surface area contributed by atoms with E-state index in [2.05, 4.69) is 29.1 Å². The molecule has 1 fully saturated rings. The monoisotopic (exact) mass is 243 g/mol. The fourth-order valence-corrected chi connectivity index (χ4v) is 2.19. The maximum atomic E-state index is 5.34. The Kier molecular flexibility index (Phi) is 8.61. The average molecular weight is 243 g/mol. The number of nitrogens with one attached hydrogen (secondary N) is 1. The number of rotatable bonds is 9. The summed E-state index contributed by atoms with van der Waals surface area (Å²) >= 11 is 0. The summed E-state index contributed by atoms with van der Waals surface area (Å²) in [6.07, 6.45) is 2.43.